The van der Waals surface area contributed by atoms with Crippen LogP contribution in [0.2, 0.25) is 0 Å². The molecule has 0 unspecified atom stereocenters. The molecule has 5 nitrogen and oxygen atoms in total. The Hall–Kier alpha value is -1.34. The molecule has 2 aromatic heterocycles. The van der Waals surface area contributed by atoms with Gasteiger partial charge < -0.3 is 5.32 Å². The van der Waals surface area contributed by atoms with Crippen LogP contribution in [0, 0.1) is 0 Å². The Kier molecular flexibility index (Phi) is 5.15. The van der Waals surface area contributed by atoms with Crippen molar-refractivity contribution in [1.29, 1.82) is 0 Å². The van der Waals surface area contributed by atoms with Crippen LogP contribution in [-0.4, -0.2) is 27.1 Å². The minimum absolute atomic E-state index is 0.0616. The molecule has 1 aliphatic carbocycles. The molecule has 118 valence electrons. The van der Waals surface area contributed by atoms with Crippen molar-refractivity contribution in [1.82, 2.24) is 14.7 Å². The van der Waals surface area contributed by atoms with Crippen molar-refractivity contribution >= 4 is 34.0 Å². The first-order valence-corrected chi connectivity index (χ1v) is 9.59. The van der Waals surface area contributed by atoms with Crippen molar-refractivity contribution in [3.05, 3.63) is 33.7 Å². The van der Waals surface area contributed by atoms with Crippen LogP contribution < -0.4 is 10.9 Å². The van der Waals surface area contributed by atoms with Gasteiger partial charge in [-0.25, -0.2) is 4.98 Å². The number of nitrogens with zero attached hydrogens (tertiary/aromatic N) is 2. The van der Waals surface area contributed by atoms with Crippen LogP contribution in [0.15, 0.2) is 22.4 Å². The summed E-state index contributed by atoms with van der Waals surface area (Å²) >= 11 is 2.95. The van der Waals surface area contributed by atoms with E-state index in [9.17, 15) is 9.59 Å². The predicted octanol–water partition coefficient (Wildman–Crippen LogP) is 2.44. The maximum absolute atomic E-state index is 11.9. The number of carbonyl (C=O) groups is 1. The summed E-state index contributed by atoms with van der Waals surface area (Å²) in [6.45, 7) is 0. The number of carbonyl (C=O) groups excluding carboxylic acids is 1. The second-order valence-electron chi connectivity index (χ2n) is 5.54. The number of fused-ring (bicyclic) bond motifs is 1. The molecule has 7 heteroatoms. The molecule has 3 rings (SSSR count). The van der Waals surface area contributed by atoms with Gasteiger partial charge in [-0.3, -0.25) is 14.0 Å². The zero-order valence-electron chi connectivity index (χ0n) is 12.3. The molecule has 0 aromatic carbocycles. The van der Waals surface area contributed by atoms with Crippen LogP contribution in [0.25, 0.3) is 4.96 Å². The molecule has 0 saturated heterocycles. The van der Waals surface area contributed by atoms with E-state index in [1.165, 1.54) is 46.8 Å². The summed E-state index contributed by atoms with van der Waals surface area (Å²) in [6.07, 6.45) is 7.64. The van der Waals surface area contributed by atoms with Crippen LogP contribution in [0.4, 0.5) is 0 Å². The third-order valence-corrected chi connectivity index (χ3v) is 5.53. The highest BCUT2D eigenvalue weighted by molar-refractivity contribution is 7.99. The summed E-state index contributed by atoms with van der Waals surface area (Å²) in [4.78, 5) is 28.9. The predicted molar refractivity (Wildman–Crippen MR) is 90.5 cm³/mol. The summed E-state index contributed by atoms with van der Waals surface area (Å²) in [7, 11) is 0. The first-order valence-electron chi connectivity index (χ1n) is 7.55. The molecule has 22 heavy (non-hydrogen) atoms. The number of hydrogen-bond acceptors (Lipinski definition) is 5. The summed E-state index contributed by atoms with van der Waals surface area (Å²) in [5.74, 6) is 1.09. The zero-order valence-corrected chi connectivity index (χ0v) is 13.9. The van der Waals surface area contributed by atoms with Crippen molar-refractivity contribution in [3.8, 4) is 0 Å². The topological polar surface area (TPSA) is 63.5 Å². The molecule has 0 atom stereocenters. The van der Waals surface area contributed by atoms with Crippen LogP contribution in [0.5, 0.6) is 0 Å². The molecular formula is C15H19N3O2S2. The van der Waals surface area contributed by atoms with Crippen molar-refractivity contribution in [3.63, 3.8) is 0 Å². The monoisotopic (exact) mass is 337 g/mol. The lowest BCUT2D eigenvalue weighted by Crippen LogP contribution is -2.37. The molecule has 1 aliphatic rings. The largest absolute Gasteiger partial charge is 0.353 e. The minimum Gasteiger partial charge on any atom is -0.353 e. The number of thiazole rings is 1. The lowest BCUT2D eigenvalue weighted by atomic mass is 9.95. The van der Waals surface area contributed by atoms with Crippen molar-refractivity contribution in [2.75, 3.05) is 5.75 Å². The highest BCUT2D eigenvalue weighted by Gasteiger charge is 2.15. The normalized spacial score (nSPS) is 16.0. The van der Waals surface area contributed by atoms with Gasteiger partial charge in [0, 0.05) is 29.4 Å². The molecule has 0 radical (unpaired) electrons. The Bertz CT molecular complexity index is 704. The van der Waals surface area contributed by atoms with Crippen LogP contribution in [-0.2, 0) is 10.5 Å². The Balaban J connectivity index is 1.49. The average molecular weight is 337 g/mol. The van der Waals surface area contributed by atoms with Crippen LogP contribution in [0.1, 0.15) is 37.8 Å². The highest BCUT2D eigenvalue weighted by atomic mass is 32.2. The Morgan fingerprint density at radius 2 is 2.23 bits per heavy atom. The smallest absolute Gasteiger partial charge is 0.258 e. The number of aromatic nitrogens is 2. The summed E-state index contributed by atoms with van der Waals surface area (Å²) in [6, 6.07) is 1.90. The quantitative estimate of drug-likeness (QED) is 0.910. The van der Waals surface area contributed by atoms with Crippen molar-refractivity contribution in [2.45, 2.75) is 43.9 Å². The molecule has 0 spiro atoms. The molecule has 1 fully saturated rings. The number of amides is 1. The van der Waals surface area contributed by atoms with Crippen LogP contribution in [0.3, 0.4) is 0 Å². The fourth-order valence-electron chi connectivity index (χ4n) is 2.73. The molecule has 1 amide bonds. The van der Waals surface area contributed by atoms with E-state index in [1.54, 1.807) is 12.3 Å². The molecule has 1 N–H and O–H groups in total. The molecule has 2 heterocycles. The van der Waals surface area contributed by atoms with E-state index in [-0.39, 0.29) is 11.5 Å². The SMILES string of the molecule is O=C(CSCc1cc(=O)n2ccsc2n1)NC1CCCCC1. The number of thioether (sulfide) groups is 1. The zero-order chi connectivity index (χ0) is 15.4. The molecular weight excluding hydrogens is 318 g/mol. The first kappa shape index (κ1) is 15.6. The molecule has 1 saturated carbocycles. The van der Waals surface area contributed by atoms with Crippen LogP contribution >= 0.6 is 23.1 Å². The first-order chi connectivity index (χ1) is 10.7. The molecule has 0 bridgehead atoms. The number of nitrogens with one attached hydrogen (secondary N) is 1. The second-order valence-corrected chi connectivity index (χ2v) is 7.40. The maximum atomic E-state index is 11.9. The Morgan fingerprint density at radius 1 is 1.41 bits per heavy atom. The fraction of sp³-hybridized carbons (Fsp3) is 0.533. The Morgan fingerprint density at radius 3 is 3.05 bits per heavy atom. The maximum Gasteiger partial charge on any atom is 0.258 e. The van der Waals surface area contributed by atoms with E-state index in [0.717, 1.165) is 18.5 Å². The van der Waals surface area contributed by atoms with E-state index in [4.69, 9.17) is 0 Å². The fourth-order valence-corrected chi connectivity index (χ4v) is 4.19. The van der Waals surface area contributed by atoms with Gasteiger partial charge in [-0.05, 0) is 12.8 Å². The van der Waals surface area contributed by atoms with Gasteiger partial charge in [0.2, 0.25) is 5.91 Å². The number of hydrogen-bond donors (Lipinski definition) is 1. The van der Waals surface area contributed by atoms with Gasteiger partial charge in [0.1, 0.15) is 0 Å². The number of rotatable bonds is 5. The third-order valence-electron chi connectivity index (χ3n) is 3.81. The third kappa shape index (κ3) is 3.89. The summed E-state index contributed by atoms with van der Waals surface area (Å²) in [5, 5.41) is 4.94. The molecule has 2 aromatic rings. The standard InChI is InChI=1S/C15H19N3O2S2/c19-13(16-11-4-2-1-3-5-11)10-21-9-12-8-14(20)18-6-7-22-15(18)17-12/h6-8,11H,1-5,9-10H2,(H,16,19). The van der Waals surface area contributed by atoms with E-state index >= 15 is 0 Å². The van der Waals surface area contributed by atoms with E-state index < -0.39 is 0 Å². The molecule has 0 aliphatic heterocycles. The van der Waals surface area contributed by atoms with E-state index in [0.29, 0.717) is 22.5 Å². The summed E-state index contributed by atoms with van der Waals surface area (Å²) < 4.78 is 1.54. The Labute approximate surface area is 137 Å². The van der Waals surface area contributed by atoms with Gasteiger partial charge in [-0.15, -0.1) is 23.1 Å². The van der Waals surface area contributed by atoms with E-state index in [2.05, 4.69) is 10.3 Å². The van der Waals surface area contributed by atoms with Crippen molar-refractivity contribution < 1.29 is 4.79 Å². The van der Waals surface area contributed by atoms with Gasteiger partial charge >= 0.3 is 0 Å². The summed E-state index contributed by atoms with van der Waals surface area (Å²) in [5.41, 5.74) is 0.677. The second kappa shape index (κ2) is 7.28. The average Bonchev–Trinajstić information content (AvgIpc) is 2.97. The van der Waals surface area contributed by atoms with E-state index in [1.807, 2.05) is 5.38 Å². The van der Waals surface area contributed by atoms with Gasteiger partial charge in [0.05, 0.1) is 11.4 Å². The van der Waals surface area contributed by atoms with Gasteiger partial charge in [0.25, 0.3) is 5.56 Å². The van der Waals surface area contributed by atoms with Crippen molar-refractivity contribution in [2.24, 2.45) is 0 Å². The lowest BCUT2D eigenvalue weighted by Gasteiger charge is -2.22. The highest BCUT2D eigenvalue weighted by Crippen LogP contribution is 2.18. The lowest BCUT2D eigenvalue weighted by molar-refractivity contribution is -0.119. The van der Waals surface area contributed by atoms with Gasteiger partial charge in [-0.2, -0.15) is 0 Å². The van der Waals surface area contributed by atoms with Gasteiger partial charge in [-0.1, -0.05) is 19.3 Å². The minimum atomic E-state index is -0.0616. The van der Waals surface area contributed by atoms with Gasteiger partial charge in [0.15, 0.2) is 4.96 Å².